The Bertz CT molecular complexity index is 952. The number of anilines is 3. The van der Waals surface area contributed by atoms with E-state index in [1.165, 1.54) is 13.3 Å². The maximum absolute atomic E-state index is 12.4. The van der Waals surface area contributed by atoms with Crippen molar-refractivity contribution in [2.75, 3.05) is 24.9 Å². The maximum atomic E-state index is 12.4. The van der Waals surface area contributed by atoms with Gasteiger partial charge in [-0.3, -0.25) is 4.79 Å². The molecule has 0 bridgehead atoms. The maximum Gasteiger partial charge on any atom is 0.337 e. The third-order valence-corrected chi connectivity index (χ3v) is 3.95. The summed E-state index contributed by atoms with van der Waals surface area (Å²) in [5.41, 5.74) is 2.25. The monoisotopic (exact) mass is 377 g/mol. The Labute approximate surface area is 162 Å². The van der Waals surface area contributed by atoms with Crippen LogP contribution in [0.2, 0.25) is 0 Å². The number of ether oxygens (including phenoxy) is 2. The first-order valence-corrected chi connectivity index (χ1v) is 8.46. The zero-order valence-electron chi connectivity index (χ0n) is 15.4. The molecule has 0 unspecified atom stereocenters. The topological polar surface area (TPSA) is 89.5 Å². The van der Waals surface area contributed by atoms with E-state index in [4.69, 9.17) is 4.74 Å². The number of methoxy groups -OCH3 is 2. The molecule has 1 aromatic heterocycles. The molecule has 142 valence electrons. The zero-order valence-corrected chi connectivity index (χ0v) is 15.4. The number of amides is 1. The van der Waals surface area contributed by atoms with Gasteiger partial charge < -0.3 is 20.1 Å². The lowest BCUT2D eigenvalue weighted by atomic mass is 10.2. The highest BCUT2D eigenvalue weighted by atomic mass is 16.5. The molecule has 1 amide bonds. The number of nitrogens with one attached hydrogen (secondary N) is 2. The van der Waals surface area contributed by atoms with Crippen LogP contribution in [0.25, 0.3) is 0 Å². The van der Waals surface area contributed by atoms with Crippen LogP contribution in [-0.4, -0.2) is 31.1 Å². The van der Waals surface area contributed by atoms with Crippen LogP contribution in [0.5, 0.6) is 5.75 Å². The molecule has 7 nitrogen and oxygen atoms in total. The van der Waals surface area contributed by atoms with Crippen molar-refractivity contribution in [2.24, 2.45) is 0 Å². The van der Waals surface area contributed by atoms with Gasteiger partial charge in [0, 0.05) is 17.6 Å². The van der Waals surface area contributed by atoms with Gasteiger partial charge in [0.05, 0.1) is 25.3 Å². The molecular weight excluding hydrogens is 358 g/mol. The first kappa shape index (κ1) is 18.9. The predicted molar refractivity (Wildman–Crippen MR) is 106 cm³/mol. The standard InChI is InChI=1S/C21H19N3O4/c1-27-18-10-8-16(9-11-18)23-19-12-5-15(13-22-19)20(25)24-17-6-3-14(4-7-17)21(26)28-2/h3-13H,1-2H3,(H,22,23)(H,24,25). The molecule has 3 rings (SSSR count). The number of hydrogen-bond donors (Lipinski definition) is 2. The van der Waals surface area contributed by atoms with Crippen molar-refractivity contribution < 1.29 is 19.1 Å². The lowest BCUT2D eigenvalue weighted by Crippen LogP contribution is -2.12. The van der Waals surface area contributed by atoms with Crippen molar-refractivity contribution in [2.45, 2.75) is 0 Å². The molecule has 2 N–H and O–H groups in total. The summed E-state index contributed by atoms with van der Waals surface area (Å²) in [4.78, 5) is 28.0. The normalized spacial score (nSPS) is 10.1. The predicted octanol–water partition coefficient (Wildman–Crippen LogP) is 3.87. The van der Waals surface area contributed by atoms with Crippen LogP contribution in [0, 0.1) is 0 Å². The number of rotatable bonds is 6. The Hall–Kier alpha value is -3.87. The summed E-state index contributed by atoms with van der Waals surface area (Å²) in [7, 11) is 2.93. The van der Waals surface area contributed by atoms with Crippen LogP contribution in [0.3, 0.4) is 0 Å². The van der Waals surface area contributed by atoms with Crippen molar-refractivity contribution in [1.82, 2.24) is 4.98 Å². The van der Waals surface area contributed by atoms with Crippen molar-refractivity contribution >= 4 is 29.1 Å². The van der Waals surface area contributed by atoms with Gasteiger partial charge in [0.1, 0.15) is 11.6 Å². The van der Waals surface area contributed by atoms with Gasteiger partial charge in [-0.2, -0.15) is 0 Å². The summed E-state index contributed by atoms with van der Waals surface area (Å²) < 4.78 is 9.77. The summed E-state index contributed by atoms with van der Waals surface area (Å²) >= 11 is 0. The van der Waals surface area contributed by atoms with Gasteiger partial charge in [0.15, 0.2) is 0 Å². The Morgan fingerprint density at radius 1 is 0.821 bits per heavy atom. The highest BCUT2D eigenvalue weighted by Gasteiger charge is 2.09. The van der Waals surface area contributed by atoms with E-state index in [1.54, 1.807) is 43.5 Å². The highest BCUT2D eigenvalue weighted by molar-refractivity contribution is 6.04. The number of pyridine rings is 1. The van der Waals surface area contributed by atoms with Gasteiger partial charge >= 0.3 is 5.97 Å². The molecular formula is C21H19N3O4. The van der Waals surface area contributed by atoms with Crippen LogP contribution in [0.15, 0.2) is 66.9 Å². The Kier molecular flexibility index (Phi) is 5.86. The van der Waals surface area contributed by atoms with E-state index in [0.717, 1.165) is 11.4 Å². The van der Waals surface area contributed by atoms with Gasteiger partial charge in [-0.1, -0.05) is 0 Å². The molecule has 28 heavy (non-hydrogen) atoms. The third-order valence-electron chi connectivity index (χ3n) is 3.95. The average Bonchev–Trinajstić information content (AvgIpc) is 2.74. The summed E-state index contributed by atoms with van der Waals surface area (Å²) in [6.45, 7) is 0. The second-order valence-electron chi connectivity index (χ2n) is 5.81. The van der Waals surface area contributed by atoms with E-state index in [0.29, 0.717) is 22.6 Å². The largest absolute Gasteiger partial charge is 0.497 e. The van der Waals surface area contributed by atoms with E-state index >= 15 is 0 Å². The van der Waals surface area contributed by atoms with Crippen molar-refractivity contribution in [3.63, 3.8) is 0 Å². The van der Waals surface area contributed by atoms with Gasteiger partial charge in [0.25, 0.3) is 5.91 Å². The third kappa shape index (κ3) is 4.64. The summed E-state index contributed by atoms with van der Waals surface area (Å²) in [5, 5.41) is 5.91. The second kappa shape index (κ2) is 8.68. The van der Waals surface area contributed by atoms with Crippen LogP contribution in [0.4, 0.5) is 17.2 Å². The Balaban J connectivity index is 1.62. The van der Waals surface area contributed by atoms with Crippen LogP contribution < -0.4 is 15.4 Å². The highest BCUT2D eigenvalue weighted by Crippen LogP contribution is 2.19. The molecule has 2 aromatic carbocycles. The van der Waals surface area contributed by atoms with Crippen molar-refractivity contribution in [3.8, 4) is 5.75 Å². The molecule has 0 aliphatic carbocycles. The summed E-state index contributed by atoms with van der Waals surface area (Å²) in [6.07, 6.45) is 1.49. The minimum Gasteiger partial charge on any atom is -0.497 e. The molecule has 0 aliphatic heterocycles. The van der Waals surface area contributed by atoms with Crippen molar-refractivity contribution in [3.05, 3.63) is 78.0 Å². The Morgan fingerprint density at radius 3 is 2.04 bits per heavy atom. The Morgan fingerprint density at radius 2 is 1.46 bits per heavy atom. The zero-order chi connectivity index (χ0) is 19.9. The molecule has 0 aliphatic rings. The first-order valence-electron chi connectivity index (χ1n) is 8.46. The van der Waals surface area contributed by atoms with E-state index in [-0.39, 0.29) is 5.91 Å². The molecule has 3 aromatic rings. The van der Waals surface area contributed by atoms with E-state index < -0.39 is 5.97 Å². The van der Waals surface area contributed by atoms with Gasteiger partial charge in [0.2, 0.25) is 0 Å². The van der Waals surface area contributed by atoms with Crippen molar-refractivity contribution in [1.29, 1.82) is 0 Å². The minimum atomic E-state index is -0.429. The minimum absolute atomic E-state index is 0.297. The number of esters is 1. The van der Waals surface area contributed by atoms with Gasteiger partial charge in [-0.15, -0.1) is 0 Å². The summed E-state index contributed by atoms with van der Waals surface area (Å²) in [6, 6.07) is 17.3. The fourth-order valence-electron chi connectivity index (χ4n) is 2.44. The second-order valence-corrected chi connectivity index (χ2v) is 5.81. The van der Waals surface area contributed by atoms with Crippen LogP contribution in [0.1, 0.15) is 20.7 Å². The van der Waals surface area contributed by atoms with E-state index in [1.807, 2.05) is 24.3 Å². The lowest BCUT2D eigenvalue weighted by molar-refractivity contribution is 0.0600. The van der Waals surface area contributed by atoms with Gasteiger partial charge in [-0.05, 0) is 60.7 Å². The molecule has 0 atom stereocenters. The quantitative estimate of drug-likeness (QED) is 0.634. The molecule has 0 fully saturated rings. The van der Waals surface area contributed by atoms with E-state index in [2.05, 4.69) is 20.4 Å². The molecule has 0 spiro atoms. The fraction of sp³-hybridized carbons (Fsp3) is 0.0952. The van der Waals surface area contributed by atoms with Crippen LogP contribution >= 0.6 is 0 Å². The number of benzene rings is 2. The molecule has 7 heteroatoms. The van der Waals surface area contributed by atoms with Gasteiger partial charge in [-0.25, -0.2) is 9.78 Å². The fourth-order valence-corrected chi connectivity index (χ4v) is 2.44. The molecule has 1 heterocycles. The first-order chi connectivity index (χ1) is 13.6. The molecule has 0 radical (unpaired) electrons. The number of aromatic nitrogens is 1. The summed E-state index contributed by atoms with van der Waals surface area (Å²) in [5.74, 6) is 0.658. The van der Waals surface area contributed by atoms with E-state index in [9.17, 15) is 9.59 Å². The SMILES string of the molecule is COC(=O)c1ccc(NC(=O)c2ccc(Nc3ccc(OC)cc3)nc2)cc1. The molecule has 0 saturated heterocycles. The van der Waals surface area contributed by atoms with Crippen LogP contribution in [-0.2, 0) is 4.74 Å². The number of nitrogens with zero attached hydrogens (tertiary/aromatic N) is 1. The average molecular weight is 377 g/mol. The number of carbonyl (C=O) groups is 2. The number of hydrogen-bond acceptors (Lipinski definition) is 6. The smallest absolute Gasteiger partial charge is 0.337 e. The number of carbonyl (C=O) groups excluding carboxylic acids is 2. The lowest BCUT2D eigenvalue weighted by Gasteiger charge is -2.08. The molecule has 0 saturated carbocycles.